The molecule has 2 aliphatic carbocycles. The van der Waals surface area contributed by atoms with Crippen molar-refractivity contribution in [3.05, 3.63) is 41.2 Å². The number of benzene rings is 1. The fraction of sp³-hybridized carbons (Fsp3) is 0.500. The number of carbonyl (C=O) groups excluding carboxylic acids is 1. The highest BCUT2D eigenvalue weighted by molar-refractivity contribution is 7.99. The Morgan fingerprint density at radius 3 is 2.69 bits per heavy atom. The van der Waals surface area contributed by atoms with Crippen LogP contribution in [0, 0.1) is 12.3 Å². The maximum Gasteiger partial charge on any atom is 0.234 e. The molecule has 2 aromatic rings. The van der Waals surface area contributed by atoms with Crippen LogP contribution in [-0.4, -0.2) is 26.8 Å². The summed E-state index contributed by atoms with van der Waals surface area (Å²) in [5.74, 6) is 0.667. The fourth-order valence-electron chi connectivity index (χ4n) is 4.39. The molecule has 5 nitrogen and oxygen atoms in total. The van der Waals surface area contributed by atoms with Crippen molar-refractivity contribution >= 4 is 23.4 Å². The molecule has 6 heteroatoms. The maximum absolute atomic E-state index is 12.2. The third-order valence-corrected chi connectivity index (χ3v) is 7.28. The van der Waals surface area contributed by atoms with Crippen molar-refractivity contribution in [2.24, 2.45) is 5.41 Å². The van der Waals surface area contributed by atoms with E-state index < -0.39 is 0 Å². The SMILES string of the molecule is Cc1ccc(NC(=O)CSc2nnc3c(n2)[C@]2(C)CC[C@H]3C2(C)C)cc1. The van der Waals surface area contributed by atoms with Gasteiger partial charge < -0.3 is 5.32 Å². The van der Waals surface area contributed by atoms with Crippen LogP contribution in [0.4, 0.5) is 5.69 Å². The Balaban J connectivity index is 1.45. The summed E-state index contributed by atoms with van der Waals surface area (Å²) in [5, 5.41) is 12.3. The number of fused-ring (bicyclic) bond motifs is 5. The van der Waals surface area contributed by atoms with Crippen LogP contribution in [0.5, 0.6) is 0 Å². The Kier molecular flexibility index (Phi) is 4.06. The third-order valence-electron chi connectivity index (χ3n) is 6.44. The van der Waals surface area contributed by atoms with E-state index in [-0.39, 0.29) is 22.5 Å². The number of hydrogen-bond acceptors (Lipinski definition) is 5. The topological polar surface area (TPSA) is 67.8 Å². The van der Waals surface area contributed by atoms with Gasteiger partial charge in [0.2, 0.25) is 11.1 Å². The molecule has 1 aromatic carbocycles. The van der Waals surface area contributed by atoms with Crippen LogP contribution in [0.3, 0.4) is 0 Å². The van der Waals surface area contributed by atoms with Gasteiger partial charge >= 0.3 is 0 Å². The van der Waals surface area contributed by atoms with E-state index in [2.05, 4.69) is 36.3 Å². The van der Waals surface area contributed by atoms with Crippen molar-refractivity contribution in [2.45, 2.75) is 57.0 Å². The highest BCUT2D eigenvalue weighted by Gasteiger charge is 2.61. The molecular weight excluding hydrogens is 344 g/mol. The molecule has 0 unspecified atom stereocenters. The van der Waals surface area contributed by atoms with Crippen LogP contribution in [0.1, 0.15) is 56.5 Å². The monoisotopic (exact) mass is 368 g/mol. The van der Waals surface area contributed by atoms with Crippen molar-refractivity contribution in [3.63, 3.8) is 0 Å². The van der Waals surface area contributed by atoms with E-state index in [4.69, 9.17) is 4.98 Å². The van der Waals surface area contributed by atoms with Gasteiger partial charge in [0.05, 0.1) is 17.1 Å². The van der Waals surface area contributed by atoms with Gasteiger partial charge in [-0.25, -0.2) is 4.98 Å². The summed E-state index contributed by atoms with van der Waals surface area (Å²) in [7, 11) is 0. The van der Waals surface area contributed by atoms with E-state index in [9.17, 15) is 4.79 Å². The number of thioether (sulfide) groups is 1. The second kappa shape index (κ2) is 6.05. The van der Waals surface area contributed by atoms with Crippen LogP contribution < -0.4 is 5.32 Å². The highest BCUT2D eigenvalue weighted by Crippen LogP contribution is 2.66. The molecule has 4 rings (SSSR count). The lowest BCUT2D eigenvalue weighted by Crippen LogP contribution is -2.32. The van der Waals surface area contributed by atoms with E-state index in [1.807, 2.05) is 31.2 Å². The molecule has 0 saturated heterocycles. The number of anilines is 1. The molecule has 136 valence electrons. The van der Waals surface area contributed by atoms with Crippen LogP contribution in [0.25, 0.3) is 0 Å². The second-order valence-corrected chi connectivity index (χ2v) is 9.12. The largest absolute Gasteiger partial charge is 0.325 e. The summed E-state index contributed by atoms with van der Waals surface area (Å²) < 4.78 is 0. The predicted molar refractivity (Wildman–Crippen MR) is 103 cm³/mol. The van der Waals surface area contributed by atoms with Gasteiger partial charge in [0.1, 0.15) is 0 Å². The Morgan fingerprint density at radius 2 is 1.96 bits per heavy atom. The van der Waals surface area contributed by atoms with Gasteiger partial charge in [-0.1, -0.05) is 50.2 Å². The Hall–Kier alpha value is -1.95. The summed E-state index contributed by atoms with van der Waals surface area (Å²) in [6.45, 7) is 8.95. The molecule has 0 radical (unpaired) electrons. The van der Waals surface area contributed by atoms with E-state index in [0.29, 0.717) is 11.1 Å². The summed E-state index contributed by atoms with van der Waals surface area (Å²) in [4.78, 5) is 17.0. The molecular formula is C20H24N4OS. The molecule has 26 heavy (non-hydrogen) atoms. The number of nitrogens with one attached hydrogen (secondary N) is 1. The lowest BCUT2D eigenvalue weighted by atomic mass is 9.70. The molecule has 0 aliphatic heterocycles. The highest BCUT2D eigenvalue weighted by atomic mass is 32.2. The molecule has 2 atom stereocenters. The zero-order chi connectivity index (χ0) is 18.5. The normalized spacial score (nSPS) is 25.2. The standard InChI is InChI=1S/C20H24N4OS/c1-12-5-7-13(8-6-12)21-15(25)11-26-18-22-17-16(23-24-18)14-9-10-20(17,4)19(14,2)3/h5-8,14H,9-11H2,1-4H3,(H,21,25)/t14-,20+/m1/s1. The van der Waals surface area contributed by atoms with Crippen LogP contribution >= 0.6 is 11.8 Å². The van der Waals surface area contributed by atoms with E-state index >= 15 is 0 Å². The molecule has 1 amide bonds. The molecule has 1 fully saturated rings. The van der Waals surface area contributed by atoms with Crippen LogP contribution in [0.15, 0.2) is 29.4 Å². The first-order valence-electron chi connectivity index (χ1n) is 9.06. The van der Waals surface area contributed by atoms with Crippen molar-refractivity contribution in [2.75, 3.05) is 11.1 Å². The van der Waals surface area contributed by atoms with Crippen LogP contribution in [-0.2, 0) is 10.2 Å². The number of hydrogen-bond donors (Lipinski definition) is 1. The quantitative estimate of drug-likeness (QED) is 0.824. The Labute approximate surface area is 158 Å². The van der Waals surface area contributed by atoms with E-state index in [1.165, 1.54) is 17.3 Å². The summed E-state index contributed by atoms with van der Waals surface area (Å²) in [5.41, 5.74) is 4.36. The van der Waals surface area contributed by atoms with Crippen molar-refractivity contribution < 1.29 is 4.79 Å². The van der Waals surface area contributed by atoms with Crippen LogP contribution in [0.2, 0.25) is 0 Å². The summed E-state index contributed by atoms with van der Waals surface area (Å²) >= 11 is 1.35. The number of amides is 1. The second-order valence-electron chi connectivity index (χ2n) is 8.18. The molecule has 1 N–H and O–H groups in total. The molecule has 1 aromatic heterocycles. The lowest BCUT2D eigenvalue weighted by Gasteiger charge is -2.33. The molecule has 1 saturated carbocycles. The average Bonchev–Trinajstić information content (AvgIpc) is 2.94. The van der Waals surface area contributed by atoms with Gasteiger partial charge in [0.15, 0.2) is 0 Å². The first kappa shape index (κ1) is 17.5. The van der Waals surface area contributed by atoms with Crippen molar-refractivity contribution in [1.82, 2.24) is 15.2 Å². The molecule has 1 heterocycles. The molecule has 2 aliphatic rings. The Bertz CT molecular complexity index is 865. The van der Waals surface area contributed by atoms with Gasteiger partial charge in [-0.15, -0.1) is 5.10 Å². The first-order valence-corrected chi connectivity index (χ1v) is 10.0. The molecule has 2 bridgehead atoms. The van der Waals surface area contributed by atoms with Gasteiger partial charge in [-0.2, -0.15) is 5.10 Å². The van der Waals surface area contributed by atoms with Crippen molar-refractivity contribution in [1.29, 1.82) is 0 Å². The minimum Gasteiger partial charge on any atom is -0.325 e. The van der Waals surface area contributed by atoms with Gasteiger partial charge in [-0.3, -0.25) is 4.79 Å². The number of aryl methyl sites for hydroxylation is 1. The predicted octanol–water partition coefficient (Wildman–Crippen LogP) is 4.09. The maximum atomic E-state index is 12.2. The zero-order valence-corrected chi connectivity index (χ0v) is 16.5. The van der Waals surface area contributed by atoms with E-state index in [0.717, 1.165) is 29.9 Å². The number of aromatic nitrogens is 3. The minimum absolute atomic E-state index is 0.0579. The summed E-state index contributed by atoms with van der Waals surface area (Å²) in [6, 6.07) is 7.78. The first-order chi connectivity index (χ1) is 12.3. The minimum atomic E-state index is -0.0592. The van der Waals surface area contributed by atoms with Gasteiger partial charge in [0.25, 0.3) is 0 Å². The van der Waals surface area contributed by atoms with E-state index in [1.54, 1.807) is 0 Å². The average molecular weight is 369 g/mol. The van der Waals surface area contributed by atoms with Gasteiger partial charge in [-0.05, 0) is 37.3 Å². The smallest absolute Gasteiger partial charge is 0.234 e. The van der Waals surface area contributed by atoms with Crippen molar-refractivity contribution in [3.8, 4) is 0 Å². The third kappa shape index (κ3) is 2.62. The number of rotatable bonds is 4. The lowest BCUT2D eigenvalue weighted by molar-refractivity contribution is -0.113. The number of carbonyl (C=O) groups is 1. The fourth-order valence-corrected chi connectivity index (χ4v) is 4.97. The molecule has 0 spiro atoms. The zero-order valence-electron chi connectivity index (χ0n) is 15.7. The van der Waals surface area contributed by atoms with Gasteiger partial charge in [0, 0.05) is 17.0 Å². The Morgan fingerprint density at radius 1 is 1.23 bits per heavy atom. The summed E-state index contributed by atoms with van der Waals surface area (Å²) in [6.07, 6.45) is 2.31. The number of nitrogens with zero attached hydrogens (tertiary/aromatic N) is 3.